The molecule has 2 rings (SSSR count). The number of halogens is 4. The summed E-state index contributed by atoms with van der Waals surface area (Å²) in [4.78, 5) is 25.5. The molecule has 1 heterocycles. The fraction of sp³-hybridized carbons (Fsp3) is 0.316. The zero-order valence-corrected chi connectivity index (χ0v) is 17.7. The van der Waals surface area contributed by atoms with E-state index in [9.17, 15) is 28.0 Å². The maximum absolute atomic E-state index is 14.2. The summed E-state index contributed by atoms with van der Waals surface area (Å²) >= 11 is 6.61. The van der Waals surface area contributed by atoms with Crippen LogP contribution in [0.3, 0.4) is 0 Å². The van der Waals surface area contributed by atoms with Crippen molar-refractivity contribution in [3.05, 3.63) is 50.9 Å². The molecule has 0 fully saturated rings. The van der Waals surface area contributed by atoms with Crippen molar-refractivity contribution in [1.82, 2.24) is 5.32 Å². The van der Waals surface area contributed by atoms with Gasteiger partial charge in [-0.1, -0.05) is 18.5 Å². The molecule has 0 aliphatic carbocycles. The van der Waals surface area contributed by atoms with Crippen LogP contribution < -0.4 is 10.6 Å². The second-order valence-corrected chi connectivity index (χ2v) is 7.79. The molecule has 0 aliphatic rings. The summed E-state index contributed by atoms with van der Waals surface area (Å²) < 4.78 is 46.9. The SMILES string of the molecule is CCc1c(C)sc(NC(NC(=O)c2ccc(Cl)cc2)(C(=O)OC)C(F)(F)F)c1C#N. The van der Waals surface area contributed by atoms with Gasteiger partial charge in [-0.3, -0.25) is 4.79 Å². The van der Waals surface area contributed by atoms with Crippen molar-refractivity contribution in [3.63, 3.8) is 0 Å². The van der Waals surface area contributed by atoms with E-state index in [2.05, 4.69) is 4.74 Å². The minimum absolute atomic E-state index is 0.0294. The standard InChI is InChI=1S/C19H17ClF3N3O3S/c1-4-13-10(2)30-16(14(13)9-24)26-18(17(28)29-3,19(21,22)23)25-15(27)11-5-7-12(20)8-6-11/h5-8,26H,4H2,1-3H3,(H,25,27). The number of nitriles is 1. The van der Waals surface area contributed by atoms with Gasteiger partial charge < -0.3 is 15.4 Å². The van der Waals surface area contributed by atoms with Crippen LogP contribution in [0.5, 0.6) is 0 Å². The Bertz CT molecular complexity index is 999. The van der Waals surface area contributed by atoms with Crippen molar-refractivity contribution < 1.29 is 27.5 Å². The van der Waals surface area contributed by atoms with Crippen molar-refractivity contribution >= 4 is 39.8 Å². The number of alkyl halides is 3. The Hall–Kier alpha value is -2.77. The largest absolute Gasteiger partial charge is 0.466 e. The maximum atomic E-state index is 14.2. The number of nitrogens with zero attached hydrogens (tertiary/aromatic N) is 1. The number of hydrogen-bond donors (Lipinski definition) is 2. The number of ether oxygens (including phenoxy) is 1. The molecule has 1 aromatic heterocycles. The zero-order valence-electron chi connectivity index (χ0n) is 16.1. The van der Waals surface area contributed by atoms with Gasteiger partial charge in [0.1, 0.15) is 11.1 Å². The van der Waals surface area contributed by atoms with E-state index in [1.54, 1.807) is 19.2 Å². The van der Waals surface area contributed by atoms with Crippen LogP contribution in [0.2, 0.25) is 5.02 Å². The maximum Gasteiger partial charge on any atom is 0.441 e. The van der Waals surface area contributed by atoms with E-state index < -0.39 is 23.7 Å². The first-order chi connectivity index (χ1) is 14.0. The number of thiophene rings is 1. The van der Waals surface area contributed by atoms with Crippen molar-refractivity contribution in [2.75, 3.05) is 12.4 Å². The van der Waals surface area contributed by atoms with E-state index in [4.69, 9.17) is 11.6 Å². The highest BCUT2D eigenvalue weighted by Gasteiger charge is 2.64. The molecule has 0 bridgehead atoms. The number of methoxy groups -OCH3 is 1. The topological polar surface area (TPSA) is 91.2 Å². The molecule has 1 aromatic carbocycles. The second kappa shape index (κ2) is 8.93. The normalized spacial score (nSPS) is 13.1. The molecule has 0 saturated carbocycles. The van der Waals surface area contributed by atoms with Crippen LogP contribution in [0.25, 0.3) is 0 Å². The molecule has 2 aromatic rings. The van der Waals surface area contributed by atoms with Gasteiger partial charge >= 0.3 is 17.8 Å². The number of benzene rings is 1. The Balaban J connectivity index is 2.60. The predicted molar refractivity (Wildman–Crippen MR) is 106 cm³/mol. The summed E-state index contributed by atoms with van der Waals surface area (Å²) in [5.41, 5.74) is -3.25. The Morgan fingerprint density at radius 2 is 1.87 bits per heavy atom. The summed E-state index contributed by atoms with van der Waals surface area (Å²) in [5, 5.41) is 13.3. The first kappa shape index (κ1) is 23.5. The molecule has 1 amide bonds. The Labute approximate surface area is 179 Å². The minimum atomic E-state index is -5.31. The first-order valence-electron chi connectivity index (χ1n) is 8.54. The number of esters is 1. The van der Waals surface area contributed by atoms with Gasteiger partial charge in [0, 0.05) is 15.5 Å². The zero-order chi connectivity index (χ0) is 22.7. The van der Waals surface area contributed by atoms with E-state index in [0.717, 1.165) is 18.4 Å². The number of rotatable bonds is 6. The predicted octanol–water partition coefficient (Wildman–Crippen LogP) is 4.42. The second-order valence-electron chi connectivity index (χ2n) is 6.13. The Kier molecular flexibility index (Phi) is 7.00. The molecule has 11 heteroatoms. The summed E-state index contributed by atoms with van der Waals surface area (Å²) in [6, 6.07) is 6.92. The van der Waals surface area contributed by atoms with E-state index in [-0.39, 0.29) is 21.2 Å². The lowest BCUT2D eigenvalue weighted by Crippen LogP contribution is -2.69. The van der Waals surface area contributed by atoms with Crippen molar-refractivity contribution in [2.45, 2.75) is 32.1 Å². The van der Waals surface area contributed by atoms with Gasteiger partial charge in [0.15, 0.2) is 0 Å². The number of nitrogens with one attached hydrogen (secondary N) is 2. The minimum Gasteiger partial charge on any atom is -0.466 e. The summed E-state index contributed by atoms with van der Waals surface area (Å²) in [6.07, 6.45) is -4.90. The van der Waals surface area contributed by atoms with Gasteiger partial charge in [0.2, 0.25) is 0 Å². The molecule has 2 N–H and O–H groups in total. The average molecular weight is 460 g/mol. The van der Waals surface area contributed by atoms with Gasteiger partial charge in [-0.25, -0.2) is 4.79 Å². The third-order valence-electron chi connectivity index (χ3n) is 4.30. The fourth-order valence-corrected chi connectivity index (χ4v) is 4.05. The first-order valence-corrected chi connectivity index (χ1v) is 9.73. The van der Waals surface area contributed by atoms with Crippen molar-refractivity contribution in [1.29, 1.82) is 5.26 Å². The third-order valence-corrected chi connectivity index (χ3v) is 5.61. The average Bonchev–Trinajstić information content (AvgIpc) is 2.99. The molecule has 0 radical (unpaired) electrons. The summed E-state index contributed by atoms with van der Waals surface area (Å²) in [7, 11) is 0.765. The summed E-state index contributed by atoms with van der Waals surface area (Å²) in [5.74, 6) is -2.98. The Morgan fingerprint density at radius 3 is 2.33 bits per heavy atom. The number of amides is 1. The Morgan fingerprint density at radius 1 is 1.27 bits per heavy atom. The molecule has 30 heavy (non-hydrogen) atoms. The quantitative estimate of drug-likeness (QED) is 0.493. The fourth-order valence-electron chi connectivity index (χ4n) is 2.77. The highest BCUT2D eigenvalue weighted by atomic mass is 35.5. The lowest BCUT2D eigenvalue weighted by atomic mass is 10.1. The van der Waals surface area contributed by atoms with Crippen LogP contribution in [0.4, 0.5) is 18.2 Å². The van der Waals surface area contributed by atoms with Crippen LogP contribution in [-0.2, 0) is 16.0 Å². The number of carbonyl (C=O) groups is 2. The molecular formula is C19H17ClF3N3O3S. The number of hydrogen-bond acceptors (Lipinski definition) is 6. The molecule has 0 saturated heterocycles. The van der Waals surface area contributed by atoms with Crippen LogP contribution in [0, 0.1) is 18.3 Å². The van der Waals surface area contributed by atoms with Gasteiger partial charge in [-0.15, -0.1) is 11.3 Å². The van der Waals surface area contributed by atoms with Gasteiger partial charge in [-0.2, -0.15) is 18.4 Å². The molecular weight excluding hydrogens is 443 g/mol. The van der Waals surface area contributed by atoms with Gasteiger partial charge in [0.25, 0.3) is 5.91 Å². The van der Waals surface area contributed by atoms with Gasteiger partial charge in [-0.05, 0) is 43.2 Å². The van der Waals surface area contributed by atoms with E-state index >= 15 is 0 Å². The van der Waals surface area contributed by atoms with Crippen LogP contribution in [0.1, 0.15) is 33.3 Å². The molecule has 1 atom stereocenters. The third kappa shape index (κ3) is 4.37. The van der Waals surface area contributed by atoms with Gasteiger partial charge in [0.05, 0.1) is 12.7 Å². The van der Waals surface area contributed by atoms with E-state index in [0.29, 0.717) is 16.9 Å². The van der Waals surface area contributed by atoms with E-state index in [1.807, 2.05) is 11.4 Å². The van der Waals surface area contributed by atoms with Crippen LogP contribution >= 0.6 is 22.9 Å². The van der Waals surface area contributed by atoms with E-state index in [1.165, 1.54) is 24.3 Å². The molecule has 0 spiro atoms. The van der Waals surface area contributed by atoms with Crippen molar-refractivity contribution in [3.8, 4) is 6.07 Å². The lowest BCUT2D eigenvalue weighted by molar-refractivity contribution is -0.203. The highest BCUT2D eigenvalue weighted by molar-refractivity contribution is 7.16. The van der Waals surface area contributed by atoms with Crippen LogP contribution in [0.15, 0.2) is 24.3 Å². The molecule has 0 aliphatic heterocycles. The number of aryl methyl sites for hydroxylation is 1. The smallest absolute Gasteiger partial charge is 0.441 e. The lowest BCUT2D eigenvalue weighted by Gasteiger charge is -2.34. The number of carbonyl (C=O) groups excluding carboxylic acids is 2. The monoisotopic (exact) mass is 459 g/mol. The van der Waals surface area contributed by atoms with Crippen molar-refractivity contribution in [2.24, 2.45) is 0 Å². The highest BCUT2D eigenvalue weighted by Crippen LogP contribution is 2.39. The summed E-state index contributed by atoms with van der Waals surface area (Å²) in [6.45, 7) is 3.40. The number of anilines is 1. The molecule has 6 nitrogen and oxygen atoms in total. The van der Waals surface area contributed by atoms with Crippen LogP contribution in [-0.4, -0.2) is 30.8 Å². The molecule has 160 valence electrons. The molecule has 1 unspecified atom stereocenters.